The van der Waals surface area contributed by atoms with Crippen LogP contribution in [0.15, 0.2) is 18.2 Å². The maximum absolute atomic E-state index is 11.8. The molecule has 1 aromatic rings. The third kappa shape index (κ3) is 3.68. The van der Waals surface area contributed by atoms with Gasteiger partial charge < -0.3 is 10.6 Å². The first-order valence-corrected chi connectivity index (χ1v) is 6.11. The Morgan fingerprint density at radius 2 is 2.05 bits per heavy atom. The maximum Gasteiger partial charge on any atom is 0.309 e. The predicted molar refractivity (Wildman–Crippen MR) is 74.2 cm³/mol. The Hall–Kier alpha value is -2.62. The molecule has 1 atom stereocenters. The minimum Gasteiger partial charge on any atom is -0.368 e. The van der Waals surface area contributed by atoms with Crippen LogP contribution in [0.2, 0.25) is 0 Å². The molecule has 0 aliphatic carbocycles. The number of nitrogens with one attached hydrogen (secondary N) is 2. The van der Waals surface area contributed by atoms with Crippen LogP contribution in [-0.4, -0.2) is 22.9 Å². The molecule has 0 spiro atoms. The first-order valence-electron chi connectivity index (χ1n) is 6.11. The standard InChI is InChI=1S/C13H16N4O3/c1-8(2)15-13(18)9(3)16-11-6-4-5-10(7-14)12(11)17(19)20/h4-6,8-9,16H,1-3H3,(H,15,18). The Labute approximate surface area is 116 Å². The highest BCUT2D eigenvalue weighted by molar-refractivity contribution is 5.85. The SMILES string of the molecule is CC(C)NC(=O)C(C)Nc1cccc(C#N)c1[N+](=O)[O-]. The summed E-state index contributed by atoms with van der Waals surface area (Å²) in [6.45, 7) is 5.24. The van der Waals surface area contributed by atoms with Crippen molar-refractivity contribution >= 4 is 17.3 Å². The summed E-state index contributed by atoms with van der Waals surface area (Å²) in [7, 11) is 0. The summed E-state index contributed by atoms with van der Waals surface area (Å²) < 4.78 is 0. The van der Waals surface area contributed by atoms with Crippen LogP contribution in [-0.2, 0) is 4.79 Å². The lowest BCUT2D eigenvalue weighted by Crippen LogP contribution is -2.41. The molecule has 0 aliphatic heterocycles. The highest BCUT2D eigenvalue weighted by Gasteiger charge is 2.22. The average molecular weight is 276 g/mol. The topological polar surface area (TPSA) is 108 Å². The summed E-state index contributed by atoms with van der Waals surface area (Å²) in [6, 6.07) is 5.46. The molecule has 106 valence electrons. The van der Waals surface area contributed by atoms with Crippen molar-refractivity contribution < 1.29 is 9.72 Å². The molecule has 0 saturated heterocycles. The Kier molecular flexibility index (Phi) is 5.03. The molecule has 1 unspecified atom stereocenters. The van der Waals surface area contributed by atoms with Gasteiger partial charge in [0.15, 0.2) is 0 Å². The molecule has 1 aromatic carbocycles. The first kappa shape index (κ1) is 15.4. The van der Waals surface area contributed by atoms with Gasteiger partial charge in [0, 0.05) is 6.04 Å². The number of carbonyl (C=O) groups is 1. The lowest BCUT2D eigenvalue weighted by molar-refractivity contribution is -0.384. The lowest BCUT2D eigenvalue weighted by Gasteiger charge is -2.17. The number of amides is 1. The van der Waals surface area contributed by atoms with Crippen LogP contribution in [0, 0.1) is 21.4 Å². The molecule has 0 fully saturated rings. The fourth-order valence-corrected chi connectivity index (χ4v) is 1.66. The summed E-state index contributed by atoms with van der Waals surface area (Å²) >= 11 is 0. The van der Waals surface area contributed by atoms with Gasteiger partial charge in [-0.3, -0.25) is 14.9 Å². The number of benzene rings is 1. The monoisotopic (exact) mass is 276 g/mol. The van der Waals surface area contributed by atoms with E-state index in [0.717, 1.165) is 0 Å². The van der Waals surface area contributed by atoms with E-state index in [1.807, 2.05) is 13.8 Å². The van der Waals surface area contributed by atoms with Crippen LogP contribution in [0.25, 0.3) is 0 Å². The number of anilines is 1. The van der Waals surface area contributed by atoms with E-state index in [2.05, 4.69) is 10.6 Å². The number of carbonyl (C=O) groups excluding carboxylic acids is 1. The van der Waals surface area contributed by atoms with Gasteiger partial charge in [-0.25, -0.2) is 0 Å². The summed E-state index contributed by atoms with van der Waals surface area (Å²) in [5.74, 6) is -0.267. The lowest BCUT2D eigenvalue weighted by atomic mass is 10.1. The van der Waals surface area contributed by atoms with Crippen molar-refractivity contribution in [3.05, 3.63) is 33.9 Å². The Balaban J connectivity index is 3.01. The van der Waals surface area contributed by atoms with Gasteiger partial charge in [0.1, 0.15) is 23.4 Å². The highest BCUT2D eigenvalue weighted by Crippen LogP contribution is 2.28. The number of para-hydroxylation sites is 1. The van der Waals surface area contributed by atoms with Crippen molar-refractivity contribution in [2.45, 2.75) is 32.9 Å². The molecule has 0 saturated carbocycles. The molecule has 0 aromatic heterocycles. The van der Waals surface area contributed by atoms with Crippen LogP contribution in [0.5, 0.6) is 0 Å². The summed E-state index contributed by atoms with van der Waals surface area (Å²) in [5, 5.41) is 25.4. The molecule has 0 radical (unpaired) electrons. The van der Waals surface area contributed by atoms with E-state index in [1.54, 1.807) is 13.0 Å². The van der Waals surface area contributed by atoms with Gasteiger partial charge in [0.2, 0.25) is 5.91 Å². The van der Waals surface area contributed by atoms with Gasteiger partial charge in [0.05, 0.1) is 4.92 Å². The second-order valence-electron chi connectivity index (χ2n) is 4.60. The van der Waals surface area contributed by atoms with E-state index in [1.165, 1.54) is 18.2 Å². The quantitative estimate of drug-likeness (QED) is 0.629. The number of nitro groups is 1. The van der Waals surface area contributed by atoms with Gasteiger partial charge in [-0.1, -0.05) is 6.07 Å². The molecule has 7 heteroatoms. The zero-order chi connectivity index (χ0) is 15.3. The summed E-state index contributed by atoms with van der Waals surface area (Å²) in [6.07, 6.45) is 0. The van der Waals surface area contributed by atoms with Crippen molar-refractivity contribution in [1.82, 2.24) is 5.32 Å². The van der Waals surface area contributed by atoms with E-state index in [9.17, 15) is 14.9 Å². The van der Waals surface area contributed by atoms with Crippen molar-refractivity contribution in [2.24, 2.45) is 0 Å². The fraction of sp³-hybridized carbons (Fsp3) is 0.385. The zero-order valence-corrected chi connectivity index (χ0v) is 11.5. The van der Waals surface area contributed by atoms with Crippen LogP contribution in [0.1, 0.15) is 26.3 Å². The molecule has 0 heterocycles. The molecule has 1 amide bonds. The number of rotatable bonds is 5. The summed E-state index contributed by atoms with van der Waals surface area (Å²) in [4.78, 5) is 22.2. The van der Waals surface area contributed by atoms with E-state index in [-0.39, 0.29) is 28.9 Å². The Morgan fingerprint density at radius 3 is 2.55 bits per heavy atom. The van der Waals surface area contributed by atoms with Gasteiger partial charge >= 0.3 is 5.69 Å². The van der Waals surface area contributed by atoms with E-state index >= 15 is 0 Å². The Bertz CT molecular complexity index is 563. The number of hydrogen-bond acceptors (Lipinski definition) is 5. The van der Waals surface area contributed by atoms with E-state index < -0.39 is 11.0 Å². The minimum absolute atomic E-state index is 0.0211. The average Bonchev–Trinajstić information content (AvgIpc) is 2.37. The van der Waals surface area contributed by atoms with Gasteiger partial charge in [-0.15, -0.1) is 0 Å². The van der Waals surface area contributed by atoms with Crippen LogP contribution < -0.4 is 10.6 Å². The predicted octanol–water partition coefficient (Wildman–Crippen LogP) is 1.79. The zero-order valence-electron chi connectivity index (χ0n) is 11.5. The normalized spacial score (nSPS) is 11.6. The van der Waals surface area contributed by atoms with E-state index in [4.69, 9.17) is 5.26 Å². The molecular weight excluding hydrogens is 260 g/mol. The first-order chi connectivity index (χ1) is 9.36. The highest BCUT2D eigenvalue weighted by atomic mass is 16.6. The molecule has 0 bridgehead atoms. The number of nitrogens with zero attached hydrogens (tertiary/aromatic N) is 2. The Morgan fingerprint density at radius 1 is 1.40 bits per heavy atom. The number of nitriles is 1. The minimum atomic E-state index is -0.648. The van der Waals surface area contributed by atoms with Gasteiger partial charge in [-0.2, -0.15) is 5.26 Å². The van der Waals surface area contributed by atoms with Crippen molar-refractivity contribution in [3.63, 3.8) is 0 Å². The van der Waals surface area contributed by atoms with Gasteiger partial charge in [-0.05, 0) is 32.9 Å². The van der Waals surface area contributed by atoms with Crippen LogP contribution >= 0.6 is 0 Å². The number of nitro benzene ring substituents is 1. The molecule has 2 N–H and O–H groups in total. The van der Waals surface area contributed by atoms with Crippen LogP contribution in [0.4, 0.5) is 11.4 Å². The molecular formula is C13H16N4O3. The molecule has 0 aliphatic rings. The van der Waals surface area contributed by atoms with Crippen molar-refractivity contribution in [3.8, 4) is 6.07 Å². The third-order valence-corrected chi connectivity index (χ3v) is 2.54. The molecule has 20 heavy (non-hydrogen) atoms. The van der Waals surface area contributed by atoms with Gasteiger partial charge in [0.25, 0.3) is 0 Å². The fourth-order valence-electron chi connectivity index (χ4n) is 1.66. The smallest absolute Gasteiger partial charge is 0.309 e. The largest absolute Gasteiger partial charge is 0.368 e. The van der Waals surface area contributed by atoms with Crippen LogP contribution in [0.3, 0.4) is 0 Å². The second-order valence-corrected chi connectivity index (χ2v) is 4.60. The second kappa shape index (κ2) is 6.52. The molecule has 7 nitrogen and oxygen atoms in total. The van der Waals surface area contributed by atoms with E-state index in [0.29, 0.717) is 0 Å². The van der Waals surface area contributed by atoms with Crippen molar-refractivity contribution in [2.75, 3.05) is 5.32 Å². The summed E-state index contributed by atoms with van der Waals surface area (Å²) in [5.41, 5.74) is -0.212. The number of hydrogen-bond donors (Lipinski definition) is 2. The maximum atomic E-state index is 11.8. The molecule has 1 rings (SSSR count). The van der Waals surface area contributed by atoms with Crippen molar-refractivity contribution in [1.29, 1.82) is 5.26 Å². The third-order valence-electron chi connectivity index (χ3n) is 2.54.